The molecule has 0 fully saturated rings. The molecule has 0 aliphatic rings. The van der Waals surface area contributed by atoms with E-state index in [2.05, 4.69) is 37.1 Å². The molecule has 0 aliphatic carbocycles. The Kier molecular flexibility index (Phi) is 2.53. The van der Waals surface area contributed by atoms with Crippen LogP contribution in [0.1, 0.15) is 17.8 Å². The average molecular weight is 149 g/mol. The number of nitrogens with zero attached hydrogens (tertiary/aromatic N) is 1. The van der Waals surface area contributed by atoms with Crippen molar-refractivity contribution < 1.29 is 0 Å². The molecule has 0 bridgehead atoms. The smallest absolute Gasteiger partial charge is 0.0259 e. The highest BCUT2D eigenvalue weighted by molar-refractivity contribution is 5.13. The second-order valence-corrected chi connectivity index (χ2v) is 2.85. The molecule has 0 spiro atoms. The molecule has 0 aliphatic heterocycles. The predicted octanol–water partition coefficient (Wildman–Crippen LogP) is 2.68. The summed E-state index contributed by atoms with van der Waals surface area (Å²) in [5.41, 5.74) is 2.67. The molecule has 1 aromatic rings. The van der Waals surface area contributed by atoms with Crippen molar-refractivity contribution in [3.8, 4) is 0 Å². The predicted molar refractivity (Wildman–Crippen MR) is 48.7 cm³/mol. The maximum Gasteiger partial charge on any atom is 0.0259 e. The van der Waals surface area contributed by atoms with Gasteiger partial charge in [0.1, 0.15) is 0 Å². The van der Waals surface area contributed by atoms with Crippen LogP contribution in [0.5, 0.6) is 0 Å². The maximum absolute atomic E-state index is 3.71. The molecular weight excluding hydrogens is 134 g/mol. The van der Waals surface area contributed by atoms with Gasteiger partial charge in [-0.1, -0.05) is 6.08 Å². The monoisotopic (exact) mass is 149 g/mol. The van der Waals surface area contributed by atoms with E-state index in [1.54, 1.807) is 0 Å². The van der Waals surface area contributed by atoms with Gasteiger partial charge in [0.25, 0.3) is 0 Å². The normalized spacial score (nSPS) is 10.0. The largest absolute Gasteiger partial charge is 0.349 e. The third-order valence-electron chi connectivity index (χ3n) is 1.97. The van der Waals surface area contributed by atoms with E-state index in [1.807, 2.05) is 6.08 Å². The summed E-state index contributed by atoms with van der Waals surface area (Å²) in [5.74, 6) is 0. The van der Waals surface area contributed by atoms with E-state index in [-0.39, 0.29) is 0 Å². The molecule has 1 heterocycles. The summed E-state index contributed by atoms with van der Waals surface area (Å²) in [5, 5.41) is 0. The van der Waals surface area contributed by atoms with Gasteiger partial charge in [-0.05, 0) is 32.4 Å². The second kappa shape index (κ2) is 3.42. The summed E-state index contributed by atoms with van der Waals surface area (Å²) in [4.78, 5) is 0. The quantitative estimate of drug-likeness (QED) is 0.582. The summed E-state index contributed by atoms with van der Waals surface area (Å²) in [6.07, 6.45) is 3.01. The molecule has 0 amide bonds. The molecule has 0 saturated carbocycles. The van der Waals surface area contributed by atoms with Crippen LogP contribution in [0.25, 0.3) is 0 Å². The summed E-state index contributed by atoms with van der Waals surface area (Å²) in [6, 6.07) is 4.30. The Morgan fingerprint density at radius 1 is 1.36 bits per heavy atom. The molecule has 0 atom stereocenters. The topological polar surface area (TPSA) is 4.93 Å². The van der Waals surface area contributed by atoms with Crippen molar-refractivity contribution in [3.63, 3.8) is 0 Å². The lowest BCUT2D eigenvalue weighted by atomic mass is 10.4. The van der Waals surface area contributed by atoms with Crippen molar-refractivity contribution in [1.29, 1.82) is 0 Å². The van der Waals surface area contributed by atoms with Crippen LogP contribution in [-0.4, -0.2) is 4.57 Å². The molecule has 11 heavy (non-hydrogen) atoms. The second-order valence-electron chi connectivity index (χ2n) is 2.85. The number of allylic oxidation sites excluding steroid dienone is 1. The minimum atomic E-state index is 1.05. The van der Waals surface area contributed by atoms with E-state index in [9.17, 15) is 0 Å². The zero-order valence-electron chi connectivity index (χ0n) is 7.30. The fourth-order valence-corrected chi connectivity index (χ4v) is 1.27. The van der Waals surface area contributed by atoms with E-state index in [4.69, 9.17) is 0 Å². The van der Waals surface area contributed by atoms with Crippen molar-refractivity contribution in [2.45, 2.75) is 26.8 Å². The molecular formula is C10H15N. The van der Waals surface area contributed by atoms with Crippen LogP contribution in [0, 0.1) is 13.8 Å². The number of hydrogen-bond donors (Lipinski definition) is 0. The van der Waals surface area contributed by atoms with E-state index in [0.29, 0.717) is 0 Å². The molecule has 1 aromatic heterocycles. The zero-order valence-corrected chi connectivity index (χ0v) is 7.30. The molecule has 1 nitrogen and oxygen atoms in total. The maximum atomic E-state index is 3.71. The lowest BCUT2D eigenvalue weighted by molar-refractivity contribution is 0.675. The van der Waals surface area contributed by atoms with Gasteiger partial charge in [-0.25, -0.2) is 0 Å². The molecule has 60 valence electrons. The Morgan fingerprint density at radius 2 is 1.91 bits per heavy atom. The number of aromatic nitrogens is 1. The highest BCUT2D eigenvalue weighted by Gasteiger charge is 1.97. The van der Waals surface area contributed by atoms with Gasteiger partial charge in [0.05, 0.1) is 0 Å². The van der Waals surface area contributed by atoms with Crippen molar-refractivity contribution >= 4 is 0 Å². The lowest BCUT2D eigenvalue weighted by Crippen LogP contribution is -2.00. The van der Waals surface area contributed by atoms with Gasteiger partial charge in [0.15, 0.2) is 0 Å². The number of hydrogen-bond acceptors (Lipinski definition) is 0. The van der Waals surface area contributed by atoms with Crippen molar-refractivity contribution in [2.24, 2.45) is 0 Å². The van der Waals surface area contributed by atoms with E-state index < -0.39 is 0 Å². The standard InChI is InChI=1S/C10H15N/c1-4-5-8-11-9(2)6-7-10(11)3/h4,6-7H,1,5,8H2,2-3H3. The van der Waals surface area contributed by atoms with E-state index in [1.165, 1.54) is 11.4 Å². The molecule has 0 N–H and O–H groups in total. The average Bonchev–Trinajstić information content (AvgIpc) is 2.29. The van der Waals surface area contributed by atoms with Crippen LogP contribution >= 0.6 is 0 Å². The first kappa shape index (κ1) is 8.12. The third-order valence-corrected chi connectivity index (χ3v) is 1.97. The fraction of sp³-hybridized carbons (Fsp3) is 0.400. The highest BCUT2D eigenvalue weighted by Crippen LogP contribution is 2.07. The van der Waals surface area contributed by atoms with Crippen LogP contribution in [-0.2, 0) is 6.54 Å². The molecule has 0 radical (unpaired) electrons. The Hall–Kier alpha value is -0.980. The zero-order chi connectivity index (χ0) is 8.27. The highest BCUT2D eigenvalue weighted by atomic mass is 15.0. The lowest BCUT2D eigenvalue weighted by Gasteiger charge is -2.06. The minimum Gasteiger partial charge on any atom is -0.349 e. The first-order chi connectivity index (χ1) is 5.25. The van der Waals surface area contributed by atoms with Crippen LogP contribution in [0.2, 0.25) is 0 Å². The Bertz CT molecular complexity index is 226. The fourth-order valence-electron chi connectivity index (χ4n) is 1.27. The summed E-state index contributed by atoms with van der Waals surface area (Å²) < 4.78 is 2.31. The van der Waals surface area contributed by atoms with Crippen molar-refractivity contribution in [2.75, 3.05) is 0 Å². The van der Waals surface area contributed by atoms with Crippen molar-refractivity contribution in [3.05, 3.63) is 36.2 Å². The summed E-state index contributed by atoms with van der Waals surface area (Å²) >= 11 is 0. The van der Waals surface area contributed by atoms with Crippen LogP contribution in [0.4, 0.5) is 0 Å². The summed E-state index contributed by atoms with van der Waals surface area (Å²) in [7, 11) is 0. The number of aryl methyl sites for hydroxylation is 2. The van der Waals surface area contributed by atoms with Crippen molar-refractivity contribution in [1.82, 2.24) is 4.57 Å². The van der Waals surface area contributed by atoms with Gasteiger partial charge in [-0.2, -0.15) is 0 Å². The molecule has 1 heteroatoms. The molecule has 0 aromatic carbocycles. The SMILES string of the molecule is C=CCCn1c(C)ccc1C. The summed E-state index contributed by atoms with van der Waals surface area (Å²) in [6.45, 7) is 9.04. The van der Waals surface area contributed by atoms with Gasteiger partial charge < -0.3 is 4.57 Å². The van der Waals surface area contributed by atoms with Gasteiger partial charge >= 0.3 is 0 Å². The third kappa shape index (κ3) is 1.73. The van der Waals surface area contributed by atoms with E-state index in [0.717, 1.165) is 13.0 Å². The molecule has 0 saturated heterocycles. The molecule has 0 unspecified atom stereocenters. The Morgan fingerprint density at radius 3 is 2.36 bits per heavy atom. The van der Waals surface area contributed by atoms with Crippen LogP contribution in [0.3, 0.4) is 0 Å². The first-order valence-corrected chi connectivity index (χ1v) is 3.99. The van der Waals surface area contributed by atoms with Gasteiger partial charge in [0.2, 0.25) is 0 Å². The number of rotatable bonds is 3. The van der Waals surface area contributed by atoms with E-state index >= 15 is 0 Å². The van der Waals surface area contributed by atoms with Gasteiger partial charge in [0, 0.05) is 17.9 Å². The van der Waals surface area contributed by atoms with Crippen LogP contribution < -0.4 is 0 Å². The Labute approximate surface area is 68.4 Å². The minimum absolute atomic E-state index is 1.05. The van der Waals surface area contributed by atoms with Gasteiger partial charge in [-0.15, -0.1) is 6.58 Å². The van der Waals surface area contributed by atoms with Crippen LogP contribution in [0.15, 0.2) is 24.8 Å². The van der Waals surface area contributed by atoms with Gasteiger partial charge in [-0.3, -0.25) is 0 Å². The molecule has 1 rings (SSSR count). The first-order valence-electron chi connectivity index (χ1n) is 3.99. The Balaban J connectivity index is 2.74.